The number of nitrogens with zero attached hydrogens (tertiary/aromatic N) is 2. The van der Waals surface area contributed by atoms with Crippen LogP contribution in [0.25, 0.3) is 0 Å². The lowest BCUT2D eigenvalue weighted by molar-refractivity contribution is -0.133. The van der Waals surface area contributed by atoms with Gasteiger partial charge in [-0.15, -0.1) is 0 Å². The lowest BCUT2D eigenvalue weighted by Crippen LogP contribution is -2.47. The molecule has 0 bridgehead atoms. The number of ether oxygens (including phenoxy) is 1. The Morgan fingerprint density at radius 1 is 0.946 bits per heavy atom. The molecule has 1 saturated heterocycles. The molecule has 3 aromatic carbocycles. The van der Waals surface area contributed by atoms with Gasteiger partial charge in [-0.1, -0.05) is 72.8 Å². The van der Waals surface area contributed by atoms with Crippen molar-refractivity contribution in [2.24, 2.45) is 0 Å². The number of likely N-dealkylation sites (N-methyl/N-ethyl adjacent to an activating group) is 1. The van der Waals surface area contributed by atoms with Crippen LogP contribution in [-0.2, 0) is 33.5 Å². The number of amides is 1. The van der Waals surface area contributed by atoms with E-state index in [4.69, 9.17) is 4.74 Å². The summed E-state index contributed by atoms with van der Waals surface area (Å²) in [4.78, 5) is 15.2. The maximum absolute atomic E-state index is 13.6. The number of benzene rings is 3. The van der Waals surface area contributed by atoms with Crippen molar-refractivity contribution in [3.8, 4) is 5.75 Å². The van der Waals surface area contributed by atoms with E-state index in [0.717, 1.165) is 28.2 Å². The van der Waals surface area contributed by atoms with Crippen LogP contribution in [0, 0.1) is 0 Å². The number of carbonyl (C=O) groups is 1. The summed E-state index contributed by atoms with van der Waals surface area (Å²) in [6.07, 6.45) is 0.924. The maximum atomic E-state index is 13.6. The fourth-order valence-electron chi connectivity index (χ4n) is 4.56. The van der Waals surface area contributed by atoms with Gasteiger partial charge in [0.15, 0.2) is 0 Å². The van der Waals surface area contributed by atoms with E-state index in [1.54, 1.807) is 30.8 Å². The second-order valence-corrected chi connectivity index (χ2v) is 12.7. The quantitative estimate of drug-likeness (QED) is 0.357. The van der Waals surface area contributed by atoms with Gasteiger partial charge in [0.2, 0.25) is 15.9 Å². The Labute approximate surface area is 224 Å². The minimum absolute atomic E-state index is 0.0148. The van der Waals surface area contributed by atoms with Gasteiger partial charge in [0.05, 0.1) is 12.9 Å². The van der Waals surface area contributed by atoms with Gasteiger partial charge in [0, 0.05) is 31.1 Å². The third kappa shape index (κ3) is 7.37. The van der Waals surface area contributed by atoms with Gasteiger partial charge in [-0.3, -0.25) is 4.79 Å². The summed E-state index contributed by atoms with van der Waals surface area (Å²) in [6, 6.07) is 26.6. The zero-order chi connectivity index (χ0) is 26.3. The van der Waals surface area contributed by atoms with Crippen molar-refractivity contribution in [1.29, 1.82) is 0 Å². The second-order valence-electron chi connectivity index (χ2n) is 9.33. The molecule has 0 saturated carbocycles. The van der Waals surface area contributed by atoms with E-state index in [1.165, 1.54) is 4.31 Å². The van der Waals surface area contributed by atoms with Crippen molar-refractivity contribution >= 4 is 27.7 Å². The average Bonchev–Trinajstić information content (AvgIpc) is 3.37. The maximum Gasteiger partial charge on any atom is 0.241 e. The Morgan fingerprint density at radius 2 is 1.57 bits per heavy atom. The highest BCUT2D eigenvalue weighted by Crippen LogP contribution is 2.33. The molecule has 0 aliphatic carbocycles. The van der Waals surface area contributed by atoms with Gasteiger partial charge in [0.25, 0.3) is 0 Å². The van der Waals surface area contributed by atoms with Gasteiger partial charge >= 0.3 is 0 Å². The molecule has 2 atom stereocenters. The lowest BCUT2D eigenvalue weighted by Gasteiger charge is -2.27. The van der Waals surface area contributed by atoms with Gasteiger partial charge in [-0.2, -0.15) is 16.1 Å². The highest BCUT2D eigenvalue weighted by atomic mass is 32.2. The van der Waals surface area contributed by atoms with E-state index < -0.39 is 16.1 Å². The zero-order valence-corrected chi connectivity index (χ0v) is 23.0. The second kappa shape index (κ2) is 12.6. The topological polar surface area (TPSA) is 66.9 Å². The molecule has 6 nitrogen and oxygen atoms in total. The third-order valence-electron chi connectivity index (χ3n) is 6.63. The molecule has 0 aromatic heterocycles. The number of rotatable bonds is 11. The summed E-state index contributed by atoms with van der Waals surface area (Å²) in [5.41, 5.74) is 3.13. The highest BCUT2D eigenvalue weighted by molar-refractivity contribution is 7.99. The fraction of sp³-hybridized carbons (Fsp3) is 0.345. The molecule has 196 valence electrons. The summed E-state index contributed by atoms with van der Waals surface area (Å²) >= 11 is 1.70. The largest absolute Gasteiger partial charge is 0.497 e. The first-order valence-electron chi connectivity index (χ1n) is 12.4. The van der Waals surface area contributed by atoms with Crippen LogP contribution in [-0.4, -0.2) is 61.3 Å². The van der Waals surface area contributed by atoms with Crippen molar-refractivity contribution in [2.75, 3.05) is 26.5 Å². The van der Waals surface area contributed by atoms with Crippen LogP contribution in [0.3, 0.4) is 0 Å². The number of thioether (sulfide) groups is 1. The van der Waals surface area contributed by atoms with E-state index in [2.05, 4.69) is 0 Å². The molecule has 1 aliphatic heterocycles. The van der Waals surface area contributed by atoms with Crippen molar-refractivity contribution < 1.29 is 17.9 Å². The summed E-state index contributed by atoms with van der Waals surface area (Å²) < 4.78 is 33.7. The SMILES string of the molecule is COc1ccc(CSC2CC(C(=O)N(C)Cc3ccccc3)N(S(=O)(=O)CCc3ccccc3)C2)cc1. The first-order chi connectivity index (χ1) is 17.9. The van der Waals surface area contributed by atoms with Gasteiger partial charge in [0.1, 0.15) is 11.8 Å². The van der Waals surface area contributed by atoms with E-state index in [0.29, 0.717) is 25.9 Å². The summed E-state index contributed by atoms with van der Waals surface area (Å²) in [7, 11) is -0.236. The van der Waals surface area contributed by atoms with Crippen LogP contribution in [0.4, 0.5) is 0 Å². The van der Waals surface area contributed by atoms with Crippen LogP contribution in [0.2, 0.25) is 0 Å². The Kier molecular flexibility index (Phi) is 9.29. The van der Waals surface area contributed by atoms with Crippen molar-refractivity contribution in [1.82, 2.24) is 9.21 Å². The normalized spacial score (nSPS) is 18.0. The smallest absolute Gasteiger partial charge is 0.241 e. The number of hydrogen-bond donors (Lipinski definition) is 0. The predicted octanol–water partition coefficient (Wildman–Crippen LogP) is 4.60. The molecule has 1 aliphatic rings. The molecule has 8 heteroatoms. The lowest BCUT2D eigenvalue weighted by atomic mass is 10.1. The molecular weight excluding hydrogens is 504 g/mol. The first kappa shape index (κ1) is 27.2. The molecule has 0 N–H and O–H groups in total. The van der Waals surface area contributed by atoms with Gasteiger partial charge in [-0.25, -0.2) is 8.42 Å². The molecule has 1 amide bonds. The molecule has 2 unspecified atom stereocenters. The molecule has 37 heavy (non-hydrogen) atoms. The van der Waals surface area contributed by atoms with E-state index in [1.807, 2.05) is 84.9 Å². The molecule has 0 radical (unpaired) electrons. The van der Waals surface area contributed by atoms with Crippen LogP contribution >= 0.6 is 11.8 Å². The number of sulfonamides is 1. The average molecular weight is 539 g/mol. The number of carbonyl (C=O) groups excluding carboxylic acids is 1. The molecular formula is C29H34N2O4S2. The minimum atomic E-state index is -3.63. The van der Waals surface area contributed by atoms with Crippen molar-refractivity contribution in [3.63, 3.8) is 0 Å². The molecule has 3 aromatic rings. The van der Waals surface area contributed by atoms with Crippen LogP contribution in [0.1, 0.15) is 23.1 Å². The van der Waals surface area contributed by atoms with Gasteiger partial charge in [-0.05, 0) is 41.7 Å². The molecule has 4 rings (SSSR count). The summed E-state index contributed by atoms with van der Waals surface area (Å²) in [6.45, 7) is 0.783. The van der Waals surface area contributed by atoms with Crippen molar-refractivity contribution in [2.45, 2.75) is 36.4 Å². The Hall–Kier alpha value is -2.81. The monoisotopic (exact) mass is 538 g/mol. The summed E-state index contributed by atoms with van der Waals surface area (Å²) in [5, 5.41) is 0.0349. The Bertz CT molecular complexity index is 1250. The van der Waals surface area contributed by atoms with Crippen LogP contribution in [0.15, 0.2) is 84.9 Å². The standard InChI is InChI=1S/C29H34N2O4S2/c1-30(20-24-11-7-4-8-12-24)29(32)28-19-27(36-22-25-13-15-26(35-2)16-14-25)21-31(28)37(33,34)18-17-23-9-5-3-6-10-23/h3-16,27-28H,17-22H2,1-2H3. The third-order valence-corrected chi connectivity index (χ3v) is 9.79. The molecule has 1 fully saturated rings. The fourth-order valence-corrected chi connectivity index (χ4v) is 7.55. The Balaban J connectivity index is 1.47. The Morgan fingerprint density at radius 3 is 2.19 bits per heavy atom. The van der Waals surface area contributed by atoms with E-state index >= 15 is 0 Å². The first-order valence-corrected chi connectivity index (χ1v) is 15.1. The number of hydrogen-bond acceptors (Lipinski definition) is 5. The number of methoxy groups -OCH3 is 1. The van der Waals surface area contributed by atoms with E-state index in [9.17, 15) is 13.2 Å². The molecule has 1 heterocycles. The molecule has 0 spiro atoms. The van der Waals surface area contributed by atoms with Crippen molar-refractivity contribution in [3.05, 3.63) is 102 Å². The zero-order valence-electron chi connectivity index (χ0n) is 21.3. The predicted molar refractivity (Wildman–Crippen MR) is 150 cm³/mol. The van der Waals surface area contributed by atoms with Crippen LogP contribution in [0.5, 0.6) is 5.75 Å². The minimum Gasteiger partial charge on any atom is -0.497 e. The number of aryl methyl sites for hydroxylation is 1. The van der Waals surface area contributed by atoms with Gasteiger partial charge < -0.3 is 9.64 Å². The summed E-state index contributed by atoms with van der Waals surface area (Å²) in [5.74, 6) is 1.38. The van der Waals surface area contributed by atoms with E-state index in [-0.39, 0.29) is 16.9 Å². The highest BCUT2D eigenvalue weighted by Gasteiger charge is 2.44. The van der Waals surface area contributed by atoms with Crippen LogP contribution < -0.4 is 4.74 Å².